The maximum Gasteiger partial charge on any atom is 0.319 e. The lowest BCUT2D eigenvalue weighted by Gasteiger charge is -2.31. The molecule has 4 aromatic rings. The minimum Gasteiger partial charge on any atom is -0.508 e. The molecule has 4 aliphatic heterocycles. The molecule has 4 aliphatic rings. The fourth-order valence-electron chi connectivity index (χ4n) is 7.90. The van der Waals surface area contributed by atoms with Crippen LogP contribution in [0.25, 0.3) is 32.8 Å². The Morgan fingerprint density at radius 1 is 1.22 bits per heavy atom. The largest absolute Gasteiger partial charge is 0.508 e. The molecule has 238 valence electrons. The highest BCUT2D eigenvalue weighted by atomic mass is 35.5. The molecule has 0 saturated carbocycles. The number of aromatic nitrogens is 2. The molecule has 0 bridgehead atoms. The lowest BCUT2D eigenvalue weighted by atomic mass is 9.92. The third-order valence-corrected chi connectivity index (χ3v) is 10.3. The monoisotopic (exact) mass is 649 g/mol. The van der Waals surface area contributed by atoms with Gasteiger partial charge in [0.25, 0.3) is 0 Å². The van der Waals surface area contributed by atoms with Gasteiger partial charge in [0, 0.05) is 36.5 Å². The molecule has 1 unspecified atom stereocenters. The Bertz CT molecular complexity index is 1950. The van der Waals surface area contributed by atoms with Gasteiger partial charge in [0.05, 0.1) is 28.1 Å². The molecule has 12 heteroatoms. The van der Waals surface area contributed by atoms with Crippen molar-refractivity contribution in [3.05, 3.63) is 46.5 Å². The van der Waals surface area contributed by atoms with Gasteiger partial charge in [0.1, 0.15) is 42.3 Å². The van der Waals surface area contributed by atoms with Crippen LogP contribution in [-0.2, 0) is 0 Å². The Hall–Kier alpha value is -3.98. The third-order valence-electron chi connectivity index (χ3n) is 9.96. The van der Waals surface area contributed by atoms with Crippen molar-refractivity contribution in [3.63, 3.8) is 0 Å². The second-order valence-electron chi connectivity index (χ2n) is 12.6. The van der Waals surface area contributed by atoms with Crippen LogP contribution in [0.3, 0.4) is 0 Å². The Kier molecular flexibility index (Phi) is 7.08. The fraction of sp³-hybridized carbons (Fsp3) is 0.412. The highest BCUT2D eigenvalue weighted by Crippen LogP contribution is 2.50. The summed E-state index contributed by atoms with van der Waals surface area (Å²) < 4.78 is 59.1. The zero-order valence-corrected chi connectivity index (χ0v) is 25.6. The average molecular weight is 650 g/mol. The number of halogens is 4. The van der Waals surface area contributed by atoms with E-state index in [1.807, 2.05) is 0 Å². The molecular weight excluding hydrogens is 619 g/mol. The third kappa shape index (κ3) is 4.53. The fourth-order valence-corrected chi connectivity index (χ4v) is 8.24. The van der Waals surface area contributed by atoms with Crippen LogP contribution in [0.5, 0.6) is 17.5 Å². The summed E-state index contributed by atoms with van der Waals surface area (Å²) in [5.74, 6) is 1.30. The molecule has 3 saturated heterocycles. The summed E-state index contributed by atoms with van der Waals surface area (Å²) in [4.78, 5) is 13.6. The molecule has 3 atom stereocenters. The van der Waals surface area contributed by atoms with Crippen LogP contribution in [0.1, 0.15) is 31.2 Å². The first-order valence-electron chi connectivity index (χ1n) is 15.5. The maximum absolute atomic E-state index is 17.2. The second kappa shape index (κ2) is 11.1. The SMILES string of the molecule is C#Cc1c(F)ccc2cc(O)cc(-c3c(Cl)c4c5c(nc(OC[C@@]67CCCN6C[C@H](F)C7)nc5c3F)N(C3CCNC3)CCO4)c12. The van der Waals surface area contributed by atoms with E-state index < -0.39 is 23.3 Å². The zero-order valence-electron chi connectivity index (χ0n) is 24.9. The van der Waals surface area contributed by atoms with Crippen LogP contribution >= 0.6 is 11.6 Å². The Labute approximate surface area is 268 Å². The van der Waals surface area contributed by atoms with Gasteiger partial charge in [0.15, 0.2) is 11.6 Å². The van der Waals surface area contributed by atoms with Gasteiger partial charge >= 0.3 is 6.01 Å². The lowest BCUT2D eigenvalue weighted by molar-refractivity contribution is 0.107. The summed E-state index contributed by atoms with van der Waals surface area (Å²) in [7, 11) is 0. The van der Waals surface area contributed by atoms with Crippen molar-refractivity contribution in [2.45, 2.75) is 43.4 Å². The lowest BCUT2D eigenvalue weighted by Crippen LogP contribution is -2.43. The summed E-state index contributed by atoms with van der Waals surface area (Å²) in [5.41, 5.74) is -0.704. The number of phenolic OH excluding ortho intramolecular Hbond substituents is 1. The number of nitrogens with one attached hydrogen (secondary N) is 1. The van der Waals surface area contributed by atoms with Gasteiger partial charge in [-0.05, 0) is 61.5 Å². The van der Waals surface area contributed by atoms with Gasteiger partial charge < -0.3 is 24.8 Å². The normalized spacial score (nSPS) is 24.3. The average Bonchev–Trinajstić information content (AvgIpc) is 3.73. The Balaban J connectivity index is 1.36. The van der Waals surface area contributed by atoms with E-state index in [0.717, 1.165) is 32.4 Å². The van der Waals surface area contributed by atoms with Crippen molar-refractivity contribution in [1.82, 2.24) is 20.2 Å². The summed E-state index contributed by atoms with van der Waals surface area (Å²) in [6.07, 6.45) is 7.72. The van der Waals surface area contributed by atoms with Crippen LogP contribution in [-0.4, -0.2) is 83.7 Å². The van der Waals surface area contributed by atoms with Crippen LogP contribution in [0.15, 0.2) is 24.3 Å². The van der Waals surface area contributed by atoms with Crippen LogP contribution < -0.4 is 19.7 Å². The topological polar surface area (TPSA) is 83.0 Å². The predicted octanol–water partition coefficient (Wildman–Crippen LogP) is 5.58. The van der Waals surface area contributed by atoms with Crippen molar-refractivity contribution in [1.29, 1.82) is 0 Å². The molecule has 3 aromatic carbocycles. The van der Waals surface area contributed by atoms with Gasteiger partial charge in [-0.1, -0.05) is 23.6 Å². The smallest absolute Gasteiger partial charge is 0.319 e. The molecular formula is C34H31ClF3N5O3. The molecule has 0 radical (unpaired) electrons. The number of anilines is 1. The van der Waals surface area contributed by atoms with E-state index in [0.29, 0.717) is 42.6 Å². The van der Waals surface area contributed by atoms with Gasteiger partial charge in [0.2, 0.25) is 0 Å². The van der Waals surface area contributed by atoms with Crippen molar-refractivity contribution in [3.8, 4) is 41.0 Å². The van der Waals surface area contributed by atoms with E-state index in [1.165, 1.54) is 24.3 Å². The van der Waals surface area contributed by atoms with Gasteiger partial charge in [-0.2, -0.15) is 9.97 Å². The Morgan fingerprint density at radius 2 is 2.09 bits per heavy atom. The number of phenols is 1. The molecule has 3 fully saturated rings. The minimum atomic E-state index is -0.937. The van der Waals surface area contributed by atoms with Gasteiger partial charge in [-0.15, -0.1) is 6.42 Å². The summed E-state index contributed by atoms with van der Waals surface area (Å²) >= 11 is 7.01. The summed E-state index contributed by atoms with van der Waals surface area (Å²) in [6, 6.07) is 5.41. The zero-order chi connectivity index (χ0) is 31.7. The maximum atomic E-state index is 17.2. The van der Waals surface area contributed by atoms with E-state index in [2.05, 4.69) is 26.0 Å². The molecule has 2 N–H and O–H groups in total. The highest BCUT2D eigenvalue weighted by molar-refractivity contribution is 6.37. The number of hydrogen-bond acceptors (Lipinski definition) is 8. The molecule has 0 aliphatic carbocycles. The number of terminal acetylenes is 1. The number of nitrogens with zero attached hydrogens (tertiary/aromatic N) is 4. The Morgan fingerprint density at radius 3 is 2.89 bits per heavy atom. The number of hydrogen-bond donors (Lipinski definition) is 2. The highest BCUT2D eigenvalue weighted by Gasteiger charge is 2.49. The molecule has 1 aromatic heterocycles. The standard InChI is InChI=1S/C34H31ClF3N5O3/c1-2-22-24(37)5-4-18-12-21(44)13-23(25(18)22)26-28(35)31-27-30(29(26)38)40-33(46-17-34-7-3-9-42(34)16-19(36)14-34)41-32(27)43(10-11-45-31)20-6-8-39-15-20/h1,4-5,12-13,19-20,39,44H,3,6-11,14-17H2/t19-,20?,34+/m1/s1. The van der Waals surface area contributed by atoms with E-state index >= 15 is 4.39 Å². The molecule has 0 amide bonds. The molecule has 8 nitrogen and oxygen atoms in total. The van der Waals surface area contributed by atoms with Gasteiger partial charge in [-0.3, -0.25) is 4.90 Å². The predicted molar refractivity (Wildman–Crippen MR) is 170 cm³/mol. The first kappa shape index (κ1) is 29.4. The quantitative estimate of drug-likeness (QED) is 0.271. The van der Waals surface area contributed by atoms with Gasteiger partial charge in [-0.25, -0.2) is 13.2 Å². The molecule has 5 heterocycles. The van der Waals surface area contributed by atoms with Crippen LogP contribution in [0, 0.1) is 24.0 Å². The number of rotatable bonds is 5. The van der Waals surface area contributed by atoms with Crippen molar-refractivity contribution in [2.24, 2.45) is 0 Å². The second-order valence-corrected chi connectivity index (χ2v) is 13.0. The van der Waals surface area contributed by atoms with E-state index in [-0.39, 0.29) is 69.4 Å². The van der Waals surface area contributed by atoms with E-state index in [1.54, 1.807) is 0 Å². The molecule has 0 spiro atoms. The molecule has 46 heavy (non-hydrogen) atoms. The number of benzene rings is 3. The van der Waals surface area contributed by atoms with Crippen LogP contribution in [0.4, 0.5) is 19.0 Å². The minimum absolute atomic E-state index is 0.0434. The van der Waals surface area contributed by atoms with E-state index in [9.17, 15) is 13.9 Å². The van der Waals surface area contributed by atoms with E-state index in [4.69, 9.17) is 32.5 Å². The number of fused-ring (bicyclic) bond motifs is 2. The summed E-state index contributed by atoms with van der Waals surface area (Å²) in [5, 5.41) is 14.9. The first-order chi connectivity index (χ1) is 22.3. The van der Waals surface area contributed by atoms with Crippen molar-refractivity contribution in [2.75, 3.05) is 50.8 Å². The van der Waals surface area contributed by atoms with Crippen molar-refractivity contribution < 1.29 is 27.8 Å². The van der Waals surface area contributed by atoms with Crippen LogP contribution in [0.2, 0.25) is 5.02 Å². The number of alkyl halides is 1. The summed E-state index contributed by atoms with van der Waals surface area (Å²) in [6.45, 7) is 3.53. The first-order valence-corrected chi connectivity index (χ1v) is 15.9. The number of aromatic hydroxyl groups is 1. The number of ether oxygens (including phenoxy) is 2. The van der Waals surface area contributed by atoms with Crippen molar-refractivity contribution >= 4 is 39.1 Å². The molecule has 8 rings (SSSR count).